The lowest BCUT2D eigenvalue weighted by molar-refractivity contribution is -0.896. The lowest BCUT2D eigenvalue weighted by Gasteiger charge is -2.36. The molecule has 0 radical (unpaired) electrons. The van der Waals surface area contributed by atoms with Gasteiger partial charge in [0.2, 0.25) is 5.91 Å². The van der Waals surface area contributed by atoms with Crippen molar-refractivity contribution in [1.29, 1.82) is 0 Å². The minimum atomic E-state index is -1.18. The molecule has 1 aliphatic heterocycles. The van der Waals surface area contributed by atoms with E-state index in [2.05, 4.69) is 24.7 Å². The van der Waals surface area contributed by atoms with Gasteiger partial charge in [-0.05, 0) is 35.7 Å². The topological polar surface area (TPSA) is 114 Å². The summed E-state index contributed by atoms with van der Waals surface area (Å²) in [7, 11) is 5.71. The average molecular weight is 581 g/mol. The summed E-state index contributed by atoms with van der Waals surface area (Å²) < 4.78 is 11.8. The highest BCUT2D eigenvalue weighted by Gasteiger charge is 2.28. The highest BCUT2D eigenvalue weighted by Crippen LogP contribution is 2.32. The van der Waals surface area contributed by atoms with E-state index >= 15 is 0 Å². The fourth-order valence-corrected chi connectivity index (χ4v) is 5.03. The van der Waals surface area contributed by atoms with Crippen molar-refractivity contribution in [3.05, 3.63) is 76.8 Å². The standard InChI is InChI=1S/C31H34ClN3O6/c1-35(2)15-13-22(14-16-35)41-31(39)34-26-11-9-20(17-23(26)21-7-5-4-6-8-21)10-12-29(36)33-27-19-28(40-3)24(30(37)38)18-25(27)32/h4-9,11,17-19,22H,10,12-16H2,1-3H3,(H2-,33,34,36,37,38,39)/p+1. The zero-order valence-electron chi connectivity index (χ0n) is 23.4. The van der Waals surface area contributed by atoms with Crippen molar-refractivity contribution < 1.29 is 33.4 Å². The Morgan fingerprint density at radius 3 is 2.34 bits per heavy atom. The van der Waals surface area contributed by atoms with Gasteiger partial charge in [-0.2, -0.15) is 0 Å². The van der Waals surface area contributed by atoms with Crippen LogP contribution < -0.4 is 15.4 Å². The molecule has 41 heavy (non-hydrogen) atoms. The summed E-state index contributed by atoms with van der Waals surface area (Å²) in [6, 6.07) is 18.0. The molecule has 10 heteroatoms. The Hall–Kier alpha value is -4.08. The van der Waals surface area contributed by atoms with Gasteiger partial charge in [0, 0.05) is 30.9 Å². The number of halogens is 1. The minimum Gasteiger partial charge on any atom is -0.496 e. The number of aromatic carboxylic acids is 1. The van der Waals surface area contributed by atoms with E-state index in [1.165, 1.54) is 19.2 Å². The van der Waals surface area contributed by atoms with Crippen molar-refractivity contribution in [3.8, 4) is 16.9 Å². The number of carbonyl (C=O) groups is 3. The summed E-state index contributed by atoms with van der Waals surface area (Å²) in [6.45, 7) is 1.92. The monoisotopic (exact) mass is 580 g/mol. The van der Waals surface area contributed by atoms with E-state index in [9.17, 15) is 19.5 Å². The van der Waals surface area contributed by atoms with Crippen LogP contribution in [0.3, 0.4) is 0 Å². The van der Waals surface area contributed by atoms with Crippen LogP contribution in [0.1, 0.15) is 35.2 Å². The Morgan fingerprint density at radius 2 is 1.68 bits per heavy atom. The number of carboxylic acid groups (broad SMARTS) is 1. The molecule has 9 nitrogen and oxygen atoms in total. The number of nitrogens with zero attached hydrogens (tertiary/aromatic N) is 1. The van der Waals surface area contributed by atoms with Crippen LogP contribution in [0.5, 0.6) is 5.75 Å². The number of amides is 2. The predicted octanol–water partition coefficient (Wildman–Crippen LogP) is 6.07. The first-order chi connectivity index (χ1) is 19.5. The van der Waals surface area contributed by atoms with E-state index in [0.717, 1.165) is 47.1 Å². The quantitative estimate of drug-likeness (QED) is 0.265. The molecule has 0 atom stereocenters. The number of methoxy groups -OCH3 is 1. The molecular formula is C31H35ClN3O6+. The summed E-state index contributed by atoms with van der Waals surface area (Å²) in [4.78, 5) is 36.9. The maximum Gasteiger partial charge on any atom is 0.411 e. The van der Waals surface area contributed by atoms with Gasteiger partial charge in [0.1, 0.15) is 17.4 Å². The van der Waals surface area contributed by atoms with E-state index in [-0.39, 0.29) is 40.5 Å². The number of aryl methyl sites for hydroxylation is 1. The molecule has 0 spiro atoms. The van der Waals surface area contributed by atoms with Gasteiger partial charge in [-0.3, -0.25) is 10.1 Å². The first-order valence-corrected chi connectivity index (χ1v) is 13.8. The second kappa shape index (κ2) is 13.1. The number of nitrogens with one attached hydrogen (secondary N) is 2. The second-order valence-electron chi connectivity index (χ2n) is 10.7. The normalized spacial score (nSPS) is 14.6. The summed E-state index contributed by atoms with van der Waals surface area (Å²) in [6.07, 6.45) is 1.65. The fourth-order valence-electron chi connectivity index (χ4n) is 4.82. The zero-order chi connectivity index (χ0) is 29.6. The zero-order valence-corrected chi connectivity index (χ0v) is 24.2. The van der Waals surface area contributed by atoms with Crippen molar-refractivity contribution in [2.75, 3.05) is 44.9 Å². The molecule has 4 rings (SSSR count). The van der Waals surface area contributed by atoms with Gasteiger partial charge in [0.05, 0.1) is 50.7 Å². The van der Waals surface area contributed by atoms with E-state index in [1.807, 2.05) is 48.5 Å². The molecule has 3 N–H and O–H groups in total. The first-order valence-electron chi connectivity index (χ1n) is 13.4. The van der Waals surface area contributed by atoms with Gasteiger partial charge in [0.25, 0.3) is 0 Å². The lowest BCUT2D eigenvalue weighted by Crippen LogP contribution is -2.48. The highest BCUT2D eigenvalue weighted by atomic mass is 35.5. The van der Waals surface area contributed by atoms with Crippen molar-refractivity contribution in [3.63, 3.8) is 0 Å². The second-order valence-corrected chi connectivity index (χ2v) is 11.2. The maximum atomic E-state index is 12.8. The van der Waals surface area contributed by atoms with Gasteiger partial charge in [-0.25, -0.2) is 9.59 Å². The third-order valence-corrected chi connectivity index (χ3v) is 7.54. The molecule has 0 bridgehead atoms. The number of hydrogen-bond donors (Lipinski definition) is 3. The van der Waals surface area contributed by atoms with E-state index in [0.29, 0.717) is 12.1 Å². The Balaban J connectivity index is 1.44. The number of anilines is 2. The van der Waals surface area contributed by atoms with Crippen LogP contribution in [0.2, 0.25) is 5.02 Å². The summed E-state index contributed by atoms with van der Waals surface area (Å²) in [5.74, 6) is -1.38. The minimum absolute atomic E-state index is 0.0940. The molecule has 1 fully saturated rings. The average Bonchev–Trinajstić information content (AvgIpc) is 2.95. The molecule has 0 saturated carbocycles. The van der Waals surface area contributed by atoms with Crippen molar-refractivity contribution in [2.24, 2.45) is 0 Å². The SMILES string of the molecule is COc1cc(NC(=O)CCc2ccc(NC(=O)OC3CC[N+](C)(C)CC3)c(-c3ccccc3)c2)c(Cl)cc1C(=O)O. The van der Waals surface area contributed by atoms with E-state index < -0.39 is 12.1 Å². The fraction of sp³-hybridized carbons (Fsp3) is 0.323. The summed E-state index contributed by atoms with van der Waals surface area (Å²) in [5, 5.41) is 15.1. The van der Waals surface area contributed by atoms with Gasteiger partial charge in [-0.15, -0.1) is 0 Å². The molecule has 1 aliphatic rings. The number of likely N-dealkylation sites (tertiary alicyclic amines) is 1. The van der Waals surface area contributed by atoms with Crippen LogP contribution in [-0.4, -0.2) is 68.0 Å². The van der Waals surface area contributed by atoms with Gasteiger partial charge >= 0.3 is 12.1 Å². The van der Waals surface area contributed by atoms with Crippen molar-refractivity contribution in [1.82, 2.24) is 0 Å². The Bertz CT molecular complexity index is 1420. The molecule has 216 valence electrons. The van der Waals surface area contributed by atoms with E-state index in [4.69, 9.17) is 21.1 Å². The van der Waals surface area contributed by atoms with Crippen LogP contribution in [0.25, 0.3) is 11.1 Å². The number of ether oxygens (including phenoxy) is 2. The third kappa shape index (κ3) is 7.99. The summed E-state index contributed by atoms with van der Waals surface area (Å²) >= 11 is 6.21. The smallest absolute Gasteiger partial charge is 0.411 e. The third-order valence-electron chi connectivity index (χ3n) is 7.23. The number of piperidine rings is 1. The molecule has 0 unspecified atom stereocenters. The molecule has 3 aromatic rings. The van der Waals surface area contributed by atoms with Gasteiger partial charge in [-0.1, -0.05) is 48.0 Å². The number of carboxylic acids is 1. The Morgan fingerprint density at radius 1 is 0.976 bits per heavy atom. The van der Waals surface area contributed by atoms with Crippen molar-refractivity contribution in [2.45, 2.75) is 31.8 Å². The molecule has 2 amide bonds. The van der Waals surface area contributed by atoms with Crippen LogP contribution in [0.15, 0.2) is 60.7 Å². The molecule has 0 aliphatic carbocycles. The highest BCUT2D eigenvalue weighted by molar-refractivity contribution is 6.34. The Kier molecular flexibility index (Phi) is 9.52. The molecule has 3 aromatic carbocycles. The van der Waals surface area contributed by atoms with Crippen LogP contribution in [0, 0.1) is 0 Å². The molecule has 1 heterocycles. The van der Waals surface area contributed by atoms with Crippen LogP contribution in [0.4, 0.5) is 16.2 Å². The number of carbonyl (C=O) groups excluding carboxylic acids is 2. The number of quaternary nitrogens is 1. The van der Waals surface area contributed by atoms with Gasteiger partial charge < -0.3 is 24.4 Å². The number of rotatable bonds is 9. The number of benzene rings is 3. The first kappa shape index (κ1) is 29.9. The van der Waals surface area contributed by atoms with Crippen LogP contribution in [-0.2, 0) is 16.0 Å². The molecule has 0 aromatic heterocycles. The predicted molar refractivity (Wildman–Crippen MR) is 159 cm³/mol. The van der Waals surface area contributed by atoms with Gasteiger partial charge in [0.15, 0.2) is 0 Å². The molecular weight excluding hydrogens is 546 g/mol. The molecule has 1 saturated heterocycles. The lowest BCUT2D eigenvalue weighted by atomic mass is 9.99. The number of hydrogen-bond acceptors (Lipinski definition) is 5. The summed E-state index contributed by atoms with van der Waals surface area (Å²) in [5.41, 5.74) is 3.43. The van der Waals surface area contributed by atoms with Crippen molar-refractivity contribution >= 4 is 40.9 Å². The Labute approximate surface area is 244 Å². The maximum absolute atomic E-state index is 12.8. The van der Waals surface area contributed by atoms with Crippen LogP contribution >= 0.6 is 11.6 Å². The largest absolute Gasteiger partial charge is 0.496 e. The van der Waals surface area contributed by atoms with E-state index in [1.54, 1.807) is 0 Å².